The lowest BCUT2D eigenvalue weighted by Crippen LogP contribution is -2.14. The average Bonchev–Trinajstić information content (AvgIpc) is 2.04. The molecule has 0 fully saturated rings. The minimum Gasteiger partial charge on any atom is -0.465 e. The van der Waals surface area contributed by atoms with E-state index < -0.39 is 0 Å². The van der Waals surface area contributed by atoms with Crippen molar-refractivity contribution in [2.24, 2.45) is 5.92 Å². The molecule has 0 rings (SSSR count). The van der Waals surface area contributed by atoms with Crippen LogP contribution in [-0.2, 0) is 9.53 Å². The van der Waals surface area contributed by atoms with Gasteiger partial charge in [-0.1, -0.05) is 33.6 Å². The molecule has 0 spiro atoms. The van der Waals surface area contributed by atoms with E-state index >= 15 is 0 Å². The van der Waals surface area contributed by atoms with E-state index in [1.165, 1.54) is 12.8 Å². The second kappa shape index (κ2) is 7.14. The summed E-state index contributed by atoms with van der Waals surface area (Å²) in [6.45, 7) is 7.00. The van der Waals surface area contributed by atoms with Gasteiger partial charge in [-0.3, -0.25) is 4.79 Å². The van der Waals surface area contributed by atoms with Gasteiger partial charge in [-0.15, -0.1) is 0 Å². The van der Waals surface area contributed by atoms with Gasteiger partial charge in [0.1, 0.15) is 6.10 Å². The Morgan fingerprint density at radius 3 is 2.50 bits per heavy atom. The van der Waals surface area contributed by atoms with E-state index in [0.717, 1.165) is 12.8 Å². The molecule has 2 unspecified atom stereocenters. The Labute approximate surface area is 75.3 Å². The second-order valence-electron chi connectivity index (χ2n) is 3.39. The van der Waals surface area contributed by atoms with E-state index in [-0.39, 0.29) is 6.10 Å². The van der Waals surface area contributed by atoms with E-state index in [2.05, 4.69) is 13.8 Å². The molecule has 0 aromatic carbocycles. The summed E-state index contributed by atoms with van der Waals surface area (Å²) >= 11 is 0. The number of carbonyl (C=O) groups is 1. The summed E-state index contributed by atoms with van der Waals surface area (Å²) in [7, 11) is 0. The molecule has 2 heteroatoms. The first-order chi connectivity index (χ1) is 5.74. The normalized spacial score (nSPS) is 15.2. The van der Waals surface area contributed by atoms with Gasteiger partial charge >= 0.3 is 0 Å². The van der Waals surface area contributed by atoms with Crippen LogP contribution in [0, 0.1) is 5.92 Å². The number of carbonyl (C=O) groups excluding carboxylic acids is 1. The molecule has 0 N–H and O–H groups in total. The van der Waals surface area contributed by atoms with Crippen LogP contribution in [0.15, 0.2) is 0 Å². The van der Waals surface area contributed by atoms with Crippen molar-refractivity contribution in [3.63, 3.8) is 0 Å². The summed E-state index contributed by atoms with van der Waals surface area (Å²) in [4.78, 5) is 10.1. The Kier molecular flexibility index (Phi) is 6.82. The lowest BCUT2D eigenvalue weighted by Gasteiger charge is -2.17. The van der Waals surface area contributed by atoms with Crippen molar-refractivity contribution >= 4 is 6.47 Å². The summed E-state index contributed by atoms with van der Waals surface area (Å²) in [5.74, 6) is 0.667. The zero-order chi connectivity index (χ0) is 9.40. The average molecular weight is 172 g/mol. The van der Waals surface area contributed by atoms with E-state index in [1.54, 1.807) is 0 Å². The van der Waals surface area contributed by atoms with Crippen LogP contribution in [0.5, 0.6) is 0 Å². The quantitative estimate of drug-likeness (QED) is 0.552. The summed E-state index contributed by atoms with van der Waals surface area (Å²) in [5.41, 5.74) is 0. The van der Waals surface area contributed by atoms with Crippen LogP contribution in [-0.4, -0.2) is 12.6 Å². The van der Waals surface area contributed by atoms with Crippen molar-refractivity contribution in [2.75, 3.05) is 0 Å². The van der Waals surface area contributed by atoms with Crippen LogP contribution in [0.2, 0.25) is 0 Å². The number of hydrogen-bond acceptors (Lipinski definition) is 2. The third-order valence-electron chi connectivity index (χ3n) is 2.15. The topological polar surface area (TPSA) is 26.3 Å². The van der Waals surface area contributed by atoms with Gasteiger partial charge in [0.05, 0.1) is 0 Å². The summed E-state index contributed by atoms with van der Waals surface area (Å²) in [5, 5.41) is 0. The molecular formula is C10H20O2. The Morgan fingerprint density at radius 1 is 1.42 bits per heavy atom. The second-order valence-corrected chi connectivity index (χ2v) is 3.39. The van der Waals surface area contributed by atoms with Crippen molar-refractivity contribution < 1.29 is 9.53 Å². The summed E-state index contributed by atoms with van der Waals surface area (Å²) in [6, 6.07) is 0. The van der Waals surface area contributed by atoms with Crippen molar-refractivity contribution in [3.8, 4) is 0 Å². The fraction of sp³-hybridized carbons (Fsp3) is 0.900. The lowest BCUT2D eigenvalue weighted by molar-refractivity contribution is -0.134. The van der Waals surface area contributed by atoms with E-state index in [1.807, 2.05) is 6.92 Å². The van der Waals surface area contributed by atoms with Gasteiger partial charge in [0.2, 0.25) is 0 Å². The fourth-order valence-electron chi connectivity index (χ4n) is 1.46. The Bertz CT molecular complexity index is 112. The maximum atomic E-state index is 10.1. The third kappa shape index (κ3) is 5.16. The molecule has 72 valence electrons. The largest absolute Gasteiger partial charge is 0.465 e. The zero-order valence-electron chi connectivity index (χ0n) is 8.38. The number of ether oxygens (including phenoxy) is 1. The Hall–Kier alpha value is -0.530. The highest BCUT2D eigenvalue weighted by atomic mass is 16.5. The molecule has 0 amide bonds. The summed E-state index contributed by atoms with van der Waals surface area (Å²) < 4.78 is 4.93. The molecule has 0 heterocycles. The highest BCUT2D eigenvalue weighted by Gasteiger charge is 2.10. The van der Waals surface area contributed by atoms with Gasteiger partial charge in [0.15, 0.2) is 0 Å². The van der Waals surface area contributed by atoms with Gasteiger partial charge in [-0.2, -0.15) is 0 Å². The number of rotatable bonds is 7. The first kappa shape index (κ1) is 11.5. The molecule has 0 aliphatic heterocycles. The molecule has 0 saturated carbocycles. The summed E-state index contributed by atoms with van der Waals surface area (Å²) in [6.07, 6.45) is 4.48. The minimum atomic E-state index is 0.129. The predicted molar refractivity (Wildman–Crippen MR) is 49.9 cm³/mol. The molecule has 2 nitrogen and oxygen atoms in total. The monoisotopic (exact) mass is 172 g/mol. The van der Waals surface area contributed by atoms with Crippen molar-refractivity contribution in [1.82, 2.24) is 0 Å². The van der Waals surface area contributed by atoms with Crippen molar-refractivity contribution in [2.45, 2.75) is 52.6 Å². The van der Waals surface area contributed by atoms with Gasteiger partial charge in [0, 0.05) is 0 Å². The van der Waals surface area contributed by atoms with Crippen LogP contribution in [0.1, 0.15) is 46.5 Å². The third-order valence-corrected chi connectivity index (χ3v) is 2.15. The van der Waals surface area contributed by atoms with E-state index in [0.29, 0.717) is 12.4 Å². The first-order valence-corrected chi connectivity index (χ1v) is 4.83. The molecule has 0 aliphatic rings. The predicted octanol–water partition coefficient (Wildman–Crippen LogP) is 2.76. The highest BCUT2D eigenvalue weighted by Crippen LogP contribution is 2.15. The van der Waals surface area contributed by atoms with Crippen LogP contribution in [0.25, 0.3) is 0 Å². The first-order valence-electron chi connectivity index (χ1n) is 4.83. The maximum absolute atomic E-state index is 10.1. The number of hydrogen-bond donors (Lipinski definition) is 0. The van der Waals surface area contributed by atoms with Gasteiger partial charge in [-0.05, 0) is 18.8 Å². The van der Waals surface area contributed by atoms with E-state index in [4.69, 9.17) is 4.74 Å². The molecule has 0 radical (unpaired) electrons. The van der Waals surface area contributed by atoms with Crippen LogP contribution < -0.4 is 0 Å². The fourth-order valence-corrected chi connectivity index (χ4v) is 1.46. The SMILES string of the molecule is CCCC(C)CC(CC)OC=O. The van der Waals surface area contributed by atoms with Crippen LogP contribution in [0.4, 0.5) is 0 Å². The Morgan fingerprint density at radius 2 is 2.08 bits per heavy atom. The van der Waals surface area contributed by atoms with Crippen molar-refractivity contribution in [1.29, 1.82) is 0 Å². The smallest absolute Gasteiger partial charge is 0.293 e. The van der Waals surface area contributed by atoms with Crippen molar-refractivity contribution in [3.05, 3.63) is 0 Å². The molecular weight excluding hydrogens is 152 g/mol. The lowest BCUT2D eigenvalue weighted by atomic mass is 9.98. The van der Waals surface area contributed by atoms with Crippen LogP contribution >= 0.6 is 0 Å². The molecule has 2 atom stereocenters. The molecule has 12 heavy (non-hydrogen) atoms. The minimum absolute atomic E-state index is 0.129. The van der Waals surface area contributed by atoms with Crippen LogP contribution in [0.3, 0.4) is 0 Å². The molecule has 0 saturated heterocycles. The molecule has 0 aromatic heterocycles. The van der Waals surface area contributed by atoms with E-state index in [9.17, 15) is 4.79 Å². The van der Waals surface area contributed by atoms with Gasteiger partial charge in [-0.25, -0.2) is 0 Å². The standard InChI is InChI=1S/C10H20O2/c1-4-6-9(3)7-10(5-2)12-8-11/h8-10H,4-7H2,1-3H3. The van der Waals surface area contributed by atoms with Gasteiger partial charge < -0.3 is 4.74 Å². The maximum Gasteiger partial charge on any atom is 0.293 e. The molecule has 0 bridgehead atoms. The van der Waals surface area contributed by atoms with Gasteiger partial charge in [0.25, 0.3) is 6.47 Å². The highest BCUT2D eigenvalue weighted by molar-refractivity contribution is 5.37. The molecule has 0 aliphatic carbocycles. The zero-order valence-corrected chi connectivity index (χ0v) is 8.38. The molecule has 0 aromatic rings. The Balaban J connectivity index is 3.60.